The van der Waals surface area contributed by atoms with Gasteiger partial charge in [0.1, 0.15) is 5.82 Å². The van der Waals surface area contributed by atoms with Crippen LogP contribution in [0.25, 0.3) is 0 Å². The zero-order valence-electron chi connectivity index (χ0n) is 17.0. The predicted molar refractivity (Wildman–Crippen MR) is 117 cm³/mol. The standard InChI is InChI=1S/C21H21FN4O4S2/c22-16-8-10-18(11-9-16)32(28,29)26-12-4-5-15(13-26)20(27)23-21-25-24-19(30-21)14-31-17-6-2-1-3-7-17/h1-3,6-11,15H,4-5,12-14H2,(H,23,25,27)/t15-/m1/s1. The topological polar surface area (TPSA) is 105 Å². The number of nitrogens with one attached hydrogen (secondary N) is 1. The number of piperidine rings is 1. The Labute approximate surface area is 189 Å². The van der Waals surface area contributed by atoms with E-state index in [1.165, 1.54) is 28.2 Å². The Morgan fingerprint density at radius 1 is 1.16 bits per heavy atom. The number of nitrogens with zero attached hydrogens (tertiary/aromatic N) is 3. The number of sulfonamides is 1. The third kappa shape index (κ3) is 5.34. The lowest BCUT2D eigenvalue weighted by atomic mass is 9.99. The number of rotatable bonds is 7. The van der Waals surface area contributed by atoms with Crippen LogP contribution in [0.2, 0.25) is 0 Å². The third-order valence-corrected chi connectivity index (χ3v) is 7.88. The van der Waals surface area contributed by atoms with E-state index < -0.39 is 21.8 Å². The smallest absolute Gasteiger partial charge is 0.322 e. The minimum Gasteiger partial charge on any atom is -0.407 e. The molecule has 8 nitrogen and oxygen atoms in total. The molecular formula is C21H21FN4O4S2. The molecular weight excluding hydrogens is 455 g/mol. The molecule has 1 aliphatic heterocycles. The number of amides is 1. The molecule has 0 unspecified atom stereocenters. The van der Waals surface area contributed by atoms with Crippen LogP contribution >= 0.6 is 11.8 Å². The van der Waals surface area contributed by atoms with Gasteiger partial charge in [0.25, 0.3) is 0 Å². The summed E-state index contributed by atoms with van der Waals surface area (Å²) in [6.45, 7) is 0.321. The SMILES string of the molecule is O=C(Nc1nnc(CSc2ccccc2)o1)[C@@H]1CCCN(S(=O)(=O)c2ccc(F)cc2)C1. The highest BCUT2D eigenvalue weighted by molar-refractivity contribution is 7.98. The van der Waals surface area contributed by atoms with Gasteiger partial charge in [-0.05, 0) is 49.2 Å². The van der Waals surface area contributed by atoms with Crippen molar-refractivity contribution < 1.29 is 22.0 Å². The van der Waals surface area contributed by atoms with E-state index in [-0.39, 0.29) is 23.4 Å². The van der Waals surface area contributed by atoms with Crippen molar-refractivity contribution >= 4 is 33.7 Å². The summed E-state index contributed by atoms with van der Waals surface area (Å²) < 4.78 is 45.6. The molecule has 1 amide bonds. The maximum Gasteiger partial charge on any atom is 0.322 e. The second-order valence-corrected chi connectivity index (χ2v) is 10.2. The molecule has 1 aromatic heterocycles. The van der Waals surface area contributed by atoms with E-state index in [0.717, 1.165) is 17.0 Å². The predicted octanol–water partition coefficient (Wildman–Crippen LogP) is 3.54. The summed E-state index contributed by atoms with van der Waals surface area (Å²) in [5.41, 5.74) is 0. The Balaban J connectivity index is 1.35. The van der Waals surface area contributed by atoms with Crippen LogP contribution in [-0.2, 0) is 20.6 Å². The lowest BCUT2D eigenvalue weighted by Crippen LogP contribution is -2.43. The summed E-state index contributed by atoms with van der Waals surface area (Å²) in [7, 11) is -3.82. The summed E-state index contributed by atoms with van der Waals surface area (Å²) in [6.07, 6.45) is 1.06. The zero-order valence-corrected chi connectivity index (χ0v) is 18.6. The van der Waals surface area contributed by atoms with Gasteiger partial charge in [0, 0.05) is 18.0 Å². The maximum absolute atomic E-state index is 13.1. The molecule has 1 saturated heterocycles. The van der Waals surface area contributed by atoms with Gasteiger partial charge < -0.3 is 4.42 Å². The molecule has 1 atom stereocenters. The first-order valence-electron chi connectivity index (χ1n) is 9.98. The fourth-order valence-electron chi connectivity index (χ4n) is 3.36. The average molecular weight is 477 g/mol. The summed E-state index contributed by atoms with van der Waals surface area (Å²) in [6, 6.07) is 14.4. The molecule has 0 bridgehead atoms. The average Bonchev–Trinajstić information content (AvgIpc) is 3.26. The van der Waals surface area contributed by atoms with Gasteiger partial charge in [0.15, 0.2) is 0 Å². The van der Waals surface area contributed by atoms with Gasteiger partial charge in [-0.15, -0.1) is 16.9 Å². The lowest BCUT2D eigenvalue weighted by molar-refractivity contribution is -0.121. The maximum atomic E-state index is 13.1. The van der Waals surface area contributed by atoms with Gasteiger partial charge >= 0.3 is 6.01 Å². The normalized spacial score (nSPS) is 17.2. The van der Waals surface area contributed by atoms with Crippen molar-refractivity contribution in [1.82, 2.24) is 14.5 Å². The number of thioether (sulfide) groups is 1. The lowest BCUT2D eigenvalue weighted by Gasteiger charge is -2.30. The van der Waals surface area contributed by atoms with Crippen molar-refractivity contribution in [1.29, 1.82) is 0 Å². The molecule has 11 heteroatoms. The fraction of sp³-hybridized carbons (Fsp3) is 0.286. The van der Waals surface area contributed by atoms with Gasteiger partial charge in [-0.25, -0.2) is 12.8 Å². The number of aromatic nitrogens is 2. The molecule has 0 radical (unpaired) electrons. The van der Waals surface area contributed by atoms with Crippen molar-refractivity contribution in [2.45, 2.75) is 28.4 Å². The number of carbonyl (C=O) groups excluding carboxylic acids is 1. The summed E-state index contributed by atoms with van der Waals surface area (Å²) in [4.78, 5) is 13.7. The van der Waals surface area contributed by atoms with Gasteiger partial charge in [-0.1, -0.05) is 23.3 Å². The van der Waals surface area contributed by atoms with E-state index in [2.05, 4.69) is 15.5 Å². The number of hydrogen-bond acceptors (Lipinski definition) is 7. The van der Waals surface area contributed by atoms with E-state index in [1.807, 2.05) is 30.3 Å². The van der Waals surface area contributed by atoms with Crippen LogP contribution in [0.5, 0.6) is 0 Å². The second-order valence-electron chi connectivity index (χ2n) is 7.25. The summed E-state index contributed by atoms with van der Waals surface area (Å²) in [5, 5.41) is 10.4. The summed E-state index contributed by atoms with van der Waals surface area (Å²) in [5.74, 6) is -0.623. The molecule has 3 aromatic rings. The first-order valence-corrected chi connectivity index (χ1v) is 12.4. The van der Waals surface area contributed by atoms with Crippen LogP contribution < -0.4 is 5.32 Å². The molecule has 0 spiro atoms. The molecule has 0 aliphatic carbocycles. The van der Waals surface area contributed by atoms with E-state index >= 15 is 0 Å². The molecule has 1 aliphatic rings. The number of benzene rings is 2. The van der Waals surface area contributed by atoms with Crippen molar-refractivity contribution in [3.8, 4) is 0 Å². The Morgan fingerprint density at radius 2 is 1.91 bits per heavy atom. The molecule has 2 heterocycles. The van der Waals surface area contributed by atoms with Crippen LogP contribution in [0.3, 0.4) is 0 Å². The first-order chi connectivity index (χ1) is 15.4. The van der Waals surface area contributed by atoms with Gasteiger partial charge in [0.05, 0.1) is 16.6 Å². The number of anilines is 1. The minimum atomic E-state index is -3.82. The Kier molecular flexibility index (Phi) is 6.87. The van der Waals surface area contributed by atoms with Crippen LogP contribution in [0.1, 0.15) is 18.7 Å². The van der Waals surface area contributed by atoms with E-state index in [4.69, 9.17) is 4.42 Å². The number of hydrogen-bond donors (Lipinski definition) is 1. The van der Waals surface area contributed by atoms with Crippen LogP contribution in [-0.4, -0.2) is 41.9 Å². The van der Waals surface area contributed by atoms with E-state index in [0.29, 0.717) is 31.0 Å². The van der Waals surface area contributed by atoms with Crippen LogP contribution in [0, 0.1) is 11.7 Å². The van der Waals surface area contributed by atoms with Crippen LogP contribution in [0.4, 0.5) is 10.4 Å². The highest BCUT2D eigenvalue weighted by Gasteiger charge is 2.33. The summed E-state index contributed by atoms with van der Waals surface area (Å²) >= 11 is 1.53. The molecule has 1 N–H and O–H groups in total. The highest BCUT2D eigenvalue weighted by atomic mass is 32.2. The zero-order chi connectivity index (χ0) is 22.6. The second kappa shape index (κ2) is 9.80. The highest BCUT2D eigenvalue weighted by Crippen LogP contribution is 2.26. The van der Waals surface area contributed by atoms with E-state index in [1.54, 1.807) is 0 Å². The Hall–Kier alpha value is -2.76. The van der Waals surface area contributed by atoms with Gasteiger partial charge in [0.2, 0.25) is 21.8 Å². The largest absolute Gasteiger partial charge is 0.407 e. The van der Waals surface area contributed by atoms with Crippen molar-refractivity contribution in [3.05, 3.63) is 66.3 Å². The molecule has 2 aromatic carbocycles. The number of halogens is 1. The Bertz CT molecular complexity index is 1170. The third-order valence-electron chi connectivity index (χ3n) is 5.01. The minimum absolute atomic E-state index is 0.00239. The monoisotopic (exact) mass is 476 g/mol. The molecule has 4 rings (SSSR count). The quantitative estimate of drug-likeness (QED) is 0.520. The van der Waals surface area contributed by atoms with Gasteiger partial charge in [-0.2, -0.15) is 4.31 Å². The molecule has 168 valence electrons. The van der Waals surface area contributed by atoms with Crippen LogP contribution in [0.15, 0.2) is 68.8 Å². The van der Waals surface area contributed by atoms with Crippen molar-refractivity contribution in [2.75, 3.05) is 18.4 Å². The molecule has 0 saturated carbocycles. The first kappa shape index (κ1) is 22.4. The van der Waals surface area contributed by atoms with Gasteiger partial charge in [-0.3, -0.25) is 10.1 Å². The number of carbonyl (C=O) groups is 1. The Morgan fingerprint density at radius 3 is 2.66 bits per heavy atom. The van der Waals surface area contributed by atoms with E-state index in [9.17, 15) is 17.6 Å². The van der Waals surface area contributed by atoms with Crippen molar-refractivity contribution in [3.63, 3.8) is 0 Å². The fourth-order valence-corrected chi connectivity index (χ4v) is 5.64. The van der Waals surface area contributed by atoms with Crippen molar-refractivity contribution in [2.24, 2.45) is 5.92 Å². The molecule has 32 heavy (non-hydrogen) atoms. The molecule has 1 fully saturated rings.